The smallest absolute Gasteiger partial charge is 0.321 e. The molecule has 1 atom stereocenters. The number of ether oxygens (including phenoxy) is 1. The Hall–Kier alpha value is -1.30. The quantitative estimate of drug-likeness (QED) is 0.879. The molecule has 2 rings (SSSR count). The summed E-state index contributed by atoms with van der Waals surface area (Å²) in [5, 5.41) is 12.5. The number of hydrogen-bond acceptors (Lipinski definition) is 3. The molecule has 20 heavy (non-hydrogen) atoms. The van der Waals surface area contributed by atoms with E-state index in [0.717, 1.165) is 5.56 Å². The molecular weight excluding hydrogens is 280 g/mol. The maximum Gasteiger partial charge on any atom is 0.321 e. The second-order valence-electron chi connectivity index (χ2n) is 4.98. The highest BCUT2D eigenvalue weighted by Gasteiger charge is 2.22. The molecule has 1 aromatic rings. The summed E-state index contributed by atoms with van der Waals surface area (Å²) < 4.78 is 5.36. The summed E-state index contributed by atoms with van der Waals surface area (Å²) in [7, 11) is 0. The van der Waals surface area contributed by atoms with Gasteiger partial charge in [0.1, 0.15) is 0 Å². The molecule has 110 valence electrons. The molecule has 0 bridgehead atoms. The van der Waals surface area contributed by atoms with Crippen molar-refractivity contribution in [1.82, 2.24) is 4.90 Å². The second kappa shape index (κ2) is 6.92. The van der Waals surface area contributed by atoms with Crippen LogP contribution in [0.4, 0.5) is 10.5 Å². The number of aryl methyl sites for hydroxylation is 1. The molecule has 1 aliphatic rings. The first kappa shape index (κ1) is 15.1. The molecule has 6 heteroatoms. The Morgan fingerprint density at radius 2 is 2.40 bits per heavy atom. The predicted octanol–water partition coefficient (Wildman–Crippen LogP) is 2.12. The van der Waals surface area contributed by atoms with Crippen LogP contribution in [0.5, 0.6) is 0 Å². The minimum atomic E-state index is -0.221. The highest BCUT2D eigenvalue weighted by Crippen LogP contribution is 2.23. The van der Waals surface area contributed by atoms with Gasteiger partial charge in [0.05, 0.1) is 23.9 Å². The van der Waals surface area contributed by atoms with Crippen molar-refractivity contribution in [3.63, 3.8) is 0 Å². The van der Waals surface area contributed by atoms with Gasteiger partial charge < -0.3 is 20.1 Å². The van der Waals surface area contributed by atoms with Crippen molar-refractivity contribution >= 4 is 23.3 Å². The van der Waals surface area contributed by atoms with Crippen LogP contribution < -0.4 is 5.32 Å². The normalized spacial score (nSPS) is 19.6. The topological polar surface area (TPSA) is 61.8 Å². The minimum Gasteiger partial charge on any atom is -0.396 e. The fraction of sp³-hybridized carbons (Fsp3) is 0.500. The van der Waals surface area contributed by atoms with Gasteiger partial charge in [0.25, 0.3) is 0 Å². The van der Waals surface area contributed by atoms with Crippen molar-refractivity contribution in [2.75, 3.05) is 38.2 Å². The Morgan fingerprint density at radius 1 is 1.60 bits per heavy atom. The van der Waals surface area contributed by atoms with Crippen molar-refractivity contribution in [3.05, 3.63) is 28.8 Å². The van der Waals surface area contributed by atoms with Gasteiger partial charge in [-0.2, -0.15) is 0 Å². The number of halogens is 1. The third kappa shape index (κ3) is 3.85. The Morgan fingerprint density at radius 3 is 3.15 bits per heavy atom. The van der Waals surface area contributed by atoms with Crippen LogP contribution >= 0.6 is 11.6 Å². The number of aliphatic hydroxyl groups excluding tert-OH is 1. The number of nitrogens with zero attached hydrogens (tertiary/aromatic N) is 1. The summed E-state index contributed by atoms with van der Waals surface area (Å²) in [4.78, 5) is 13.9. The Bertz CT molecular complexity index is 481. The van der Waals surface area contributed by atoms with E-state index in [9.17, 15) is 9.90 Å². The molecule has 1 aromatic carbocycles. The number of nitrogens with one attached hydrogen (secondary N) is 1. The summed E-state index contributed by atoms with van der Waals surface area (Å²) in [5.74, 6) is -0.0452. The van der Waals surface area contributed by atoms with E-state index in [1.165, 1.54) is 0 Å². The molecule has 1 fully saturated rings. The number of hydrogen-bond donors (Lipinski definition) is 2. The van der Waals surface area contributed by atoms with Gasteiger partial charge in [0.2, 0.25) is 0 Å². The summed E-state index contributed by atoms with van der Waals surface area (Å²) in [6.45, 7) is 3.89. The number of urea groups is 1. The molecule has 0 saturated carbocycles. The van der Waals surface area contributed by atoms with E-state index in [1.54, 1.807) is 11.0 Å². The number of benzene rings is 1. The first-order valence-corrected chi connectivity index (χ1v) is 6.98. The average Bonchev–Trinajstić information content (AvgIpc) is 2.68. The van der Waals surface area contributed by atoms with E-state index in [4.69, 9.17) is 16.3 Å². The zero-order chi connectivity index (χ0) is 14.5. The first-order valence-electron chi connectivity index (χ1n) is 6.61. The SMILES string of the molecule is Cc1ccc(Cl)c(NC(=O)N2CCOC[C@@H](CO)C2)c1. The molecule has 0 aliphatic carbocycles. The average molecular weight is 299 g/mol. The van der Waals surface area contributed by atoms with Crippen LogP contribution in [0.15, 0.2) is 18.2 Å². The van der Waals surface area contributed by atoms with E-state index >= 15 is 0 Å². The molecule has 5 nitrogen and oxygen atoms in total. The number of anilines is 1. The van der Waals surface area contributed by atoms with Crippen LogP contribution in [-0.2, 0) is 4.74 Å². The van der Waals surface area contributed by atoms with E-state index < -0.39 is 0 Å². The van der Waals surface area contributed by atoms with E-state index in [-0.39, 0.29) is 18.6 Å². The minimum absolute atomic E-state index is 0.00891. The van der Waals surface area contributed by atoms with Crippen molar-refractivity contribution in [3.8, 4) is 0 Å². The van der Waals surface area contributed by atoms with Gasteiger partial charge in [0.15, 0.2) is 0 Å². The Kier molecular flexibility index (Phi) is 5.23. The maximum atomic E-state index is 12.3. The molecule has 2 N–H and O–H groups in total. The van der Waals surface area contributed by atoms with Crippen LogP contribution in [0, 0.1) is 12.8 Å². The molecule has 2 amide bonds. The van der Waals surface area contributed by atoms with Crippen molar-refractivity contribution in [2.45, 2.75) is 6.92 Å². The van der Waals surface area contributed by atoms with Gasteiger partial charge in [-0.15, -0.1) is 0 Å². The molecule has 1 heterocycles. The number of aliphatic hydroxyl groups is 1. The zero-order valence-corrected chi connectivity index (χ0v) is 12.2. The third-order valence-electron chi connectivity index (χ3n) is 3.25. The molecule has 0 spiro atoms. The van der Waals surface area contributed by atoms with E-state index in [2.05, 4.69) is 5.32 Å². The van der Waals surface area contributed by atoms with Crippen molar-refractivity contribution in [2.24, 2.45) is 5.92 Å². The highest BCUT2D eigenvalue weighted by atomic mass is 35.5. The van der Waals surface area contributed by atoms with Crippen LogP contribution in [0.3, 0.4) is 0 Å². The monoisotopic (exact) mass is 298 g/mol. The highest BCUT2D eigenvalue weighted by molar-refractivity contribution is 6.33. The third-order valence-corrected chi connectivity index (χ3v) is 3.58. The standard InChI is InChI=1S/C14H19ClN2O3/c1-10-2-3-12(15)13(6-10)16-14(19)17-4-5-20-9-11(7-17)8-18/h2-3,6,11,18H,4-5,7-9H2,1H3,(H,16,19)/t11-/m1/s1. The van der Waals surface area contributed by atoms with Gasteiger partial charge in [0, 0.05) is 25.6 Å². The van der Waals surface area contributed by atoms with Gasteiger partial charge >= 0.3 is 6.03 Å². The van der Waals surface area contributed by atoms with E-state index in [0.29, 0.717) is 37.0 Å². The van der Waals surface area contributed by atoms with Crippen LogP contribution in [0.25, 0.3) is 0 Å². The lowest BCUT2D eigenvalue weighted by molar-refractivity contribution is 0.0958. The number of rotatable bonds is 2. The lowest BCUT2D eigenvalue weighted by Crippen LogP contribution is -2.39. The largest absolute Gasteiger partial charge is 0.396 e. The molecule has 1 aliphatic heterocycles. The lowest BCUT2D eigenvalue weighted by Gasteiger charge is -2.23. The van der Waals surface area contributed by atoms with Crippen molar-refractivity contribution < 1.29 is 14.6 Å². The summed E-state index contributed by atoms with van der Waals surface area (Å²) in [6.07, 6.45) is 0. The van der Waals surface area contributed by atoms with E-state index in [1.807, 2.05) is 19.1 Å². The number of amides is 2. The van der Waals surface area contributed by atoms with Gasteiger partial charge in [-0.25, -0.2) is 4.79 Å². The fourth-order valence-corrected chi connectivity index (χ4v) is 2.27. The number of carbonyl (C=O) groups excluding carboxylic acids is 1. The Labute approximate surface area is 123 Å². The molecule has 0 aromatic heterocycles. The maximum absolute atomic E-state index is 12.3. The molecule has 1 saturated heterocycles. The van der Waals surface area contributed by atoms with Crippen LogP contribution in [0.2, 0.25) is 5.02 Å². The second-order valence-corrected chi connectivity index (χ2v) is 5.39. The van der Waals surface area contributed by atoms with Crippen molar-refractivity contribution in [1.29, 1.82) is 0 Å². The fourth-order valence-electron chi connectivity index (χ4n) is 2.10. The van der Waals surface area contributed by atoms with Gasteiger partial charge in [-0.1, -0.05) is 17.7 Å². The number of carbonyl (C=O) groups is 1. The van der Waals surface area contributed by atoms with Crippen LogP contribution in [-0.4, -0.2) is 48.9 Å². The lowest BCUT2D eigenvalue weighted by atomic mass is 10.1. The summed E-state index contributed by atoms with van der Waals surface area (Å²) in [5.41, 5.74) is 1.62. The van der Waals surface area contributed by atoms with Crippen LogP contribution in [0.1, 0.15) is 5.56 Å². The molecule has 0 unspecified atom stereocenters. The summed E-state index contributed by atoms with van der Waals surface area (Å²) in [6, 6.07) is 5.26. The van der Waals surface area contributed by atoms with Gasteiger partial charge in [-0.3, -0.25) is 0 Å². The molecule has 0 radical (unpaired) electrons. The zero-order valence-electron chi connectivity index (χ0n) is 11.4. The van der Waals surface area contributed by atoms with Gasteiger partial charge in [-0.05, 0) is 24.6 Å². The first-order chi connectivity index (χ1) is 9.60. The predicted molar refractivity (Wildman–Crippen MR) is 78.2 cm³/mol. The summed E-state index contributed by atoms with van der Waals surface area (Å²) >= 11 is 6.07. The molecular formula is C14H19ClN2O3. The Balaban J connectivity index is 2.04.